The van der Waals surface area contributed by atoms with Crippen molar-refractivity contribution in [3.05, 3.63) is 187 Å². The molecule has 0 amide bonds. The molecule has 7 rings (SSSR count). The van der Waals surface area contributed by atoms with Crippen molar-refractivity contribution in [2.45, 2.75) is 108 Å². The molecular formula is C47H50N6O8. The molecule has 0 radical (unpaired) electrons. The van der Waals surface area contributed by atoms with Gasteiger partial charge < -0.3 is 38.6 Å². The van der Waals surface area contributed by atoms with Gasteiger partial charge in [-0.1, -0.05) is 132 Å². The van der Waals surface area contributed by atoms with Gasteiger partial charge in [0.1, 0.15) is 23.7 Å². The standard InChI is InChI=1S/C47H50N6O8/c1-29-40(54)36(44-46(58-27-34-20-12-6-13-21-34)38(50-52-48)42(30(2)60-44)56-25-32-16-8-4-9-17-32)24-37(41(29)55)45-47(59-28-35-22-14-7-15-23-35)39(51-53-49)43(31(3)61-45)57-26-33-18-10-5-11-19-33/h4-24,30-31,38-39,42-47,54-55H,25-28H2,1-3H3/t30-,31-,38+,39+,42+,43+,44+,45+,46-,47-/m0/s1. The minimum absolute atomic E-state index is 0.129. The Morgan fingerprint density at radius 3 is 1.10 bits per heavy atom. The molecule has 2 heterocycles. The summed E-state index contributed by atoms with van der Waals surface area (Å²) in [5.41, 5.74) is 24.1. The molecule has 2 aliphatic rings. The van der Waals surface area contributed by atoms with E-state index in [4.69, 9.17) is 28.4 Å². The molecule has 0 unspecified atom stereocenters. The van der Waals surface area contributed by atoms with Crippen LogP contribution >= 0.6 is 0 Å². The summed E-state index contributed by atoms with van der Waals surface area (Å²) in [6, 6.07) is 38.1. The molecule has 5 aromatic carbocycles. The van der Waals surface area contributed by atoms with Gasteiger partial charge in [-0.25, -0.2) is 0 Å². The number of phenols is 2. The average molecular weight is 827 g/mol. The number of nitrogens with zero attached hydrogens (tertiary/aromatic N) is 6. The molecule has 10 atom stereocenters. The number of hydrogen-bond acceptors (Lipinski definition) is 10. The Hall–Kier alpha value is -5.92. The van der Waals surface area contributed by atoms with Crippen LogP contribution in [0.1, 0.15) is 65.0 Å². The van der Waals surface area contributed by atoms with E-state index >= 15 is 0 Å². The highest BCUT2D eigenvalue weighted by atomic mass is 16.6. The summed E-state index contributed by atoms with van der Waals surface area (Å²) in [5.74, 6) is -0.479. The molecule has 0 aliphatic carbocycles. The molecule has 2 fully saturated rings. The molecule has 2 aliphatic heterocycles. The van der Waals surface area contributed by atoms with Crippen molar-refractivity contribution in [2.75, 3.05) is 0 Å². The highest BCUT2D eigenvalue weighted by molar-refractivity contribution is 5.55. The van der Waals surface area contributed by atoms with Crippen molar-refractivity contribution in [3.63, 3.8) is 0 Å². The Morgan fingerprint density at radius 2 is 0.803 bits per heavy atom. The molecule has 316 valence electrons. The molecular weight excluding hydrogens is 777 g/mol. The lowest BCUT2D eigenvalue weighted by Crippen LogP contribution is -2.54. The number of ether oxygens (including phenoxy) is 6. The van der Waals surface area contributed by atoms with Crippen LogP contribution in [0.25, 0.3) is 20.9 Å². The molecule has 0 bridgehead atoms. The lowest BCUT2D eigenvalue weighted by Gasteiger charge is -2.45. The number of azide groups is 2. The Bertz CT molecular complexity index is 2120. The normalized spacial score (nSPS) is 26.1. The van der Waals surface area contributed by atoms with Crippen LogP contribution in [0, 0.1) is 6.92 Å². The van der Waals surface area contributed by atoms with Gasteiger partial charge >= 0.3 is 0 Å². The summed E-state index contributed by atoms with van der Waals surface area (Å²) in [6.45, 7) is 5.94. The number of aromatic hydroxyl groups is 2. The number of rotatable bonds is 16. The molecule has 5 aromatic rings. The van der Waals surface area contributed by atoms with Crippen LogP contribution < -0.4 is 0 Å². The first kappa shape index (κ1) is 43.2. The zero-order valence-electron chi connectivity index (χ0n) is 34.3. The van der Waals surface area contributed by atoms with Crippen molar-refractivity contribution in [3.8, 4) is 11.5 Å². The second kappa shape index (κ2) is 20.6. The molecule has 61 heavy (non-hydrogen) atoms. The van der Waals surface area contributed by atoms with Gasteiger partial charge in [-0.2, -0.15) is 0 Å². The summed E-state index contributed by atoms with van der Waals surface area (Å²) in [7, 11) is 0. The largest absolute Gasteiger partial charge is 0.507 e. The fraction of sp³-hybridized carbons (Fsp3) is 0.362. The van der Waals surface area contributed by atoms with E-state index in [0.29, 0.717) is 0 Å². The number of hydrogen-bond donors (Lipinski definition) is 2. The summed E-state index contributed by atoms with van der Waals surface area (Å²) in [6.07, 6.45) is -6.76. The molecule has 14 nitrogen and oxygen atoms in total. The fourth-order valence-electron chi connectivity index (χ4n) is 8.13. The zero-order valence-corrected chi connectivity index (χ0v) is 34.3. The van der Waals surface area contributed by atoms with Gasteiger partial charge in [-0.3, -0.25) is 0 Å². The van der Waals surface area contributed by atoms with E-state index in [9.17, 15) is 21.3 Å². The fourth-order valence-corrected chi connectivity index (χ4v) is 8.13. The van der Waals surface area contributed by atoms with Crippen LogP contribution in [0.5, 0.6) is 11.5 Å². The second-order valence-corrected chi connectivity index (χ2v) is 15.3. The lowest BCUT2D eigenvalue weighted by molar-refractivity contribution is -0.211. The van der Waals surface area contributed by atoms with Crippen LogP contribution in [0.15, 0.2) is 138 Å². The molecule has 2 saturated heterocycles. The Kier molecular flexibility index (Phi) is 14.6. The van der Waals surface area contributed by atoms with Crippen molar-refractivity contribution in [1.29, 1.82) is 0 Å². The molecule has 0 aromatic heterocycles. The van der Waals surface area contributed by atoms with E-state index in [0.717, 1.165) is 22.3 Å². The topological polar surface area (TPSA) is 193 Å². The van der Waals surface area contributed by atoms with Crippen LogP contribution in [0.3, 0.4) is 0 Å². The Balaban J connectivity index is 1.28. The maximum Gasteiger partial charge on any atom is 0.128 e. The predicted octanol–water partition coefficient (Wildman–Crippen LogP) is 10.0. The van der Waals surface area contributed by atoms with Crippen molar-refractivity contribution >= 4 is 0 Å². The third-order valence-corrected chi connectivity index (χ3v) is 11.3. The van der Waals surface area contributed by atoms with E-state index in [-0.39, 0.29) is 54.6 Å². The van der Waals surface area contributed by atoms with Crippen LogP contribution in [0.4, 0.5) is 0 Å². The minimum atomic E-state index is -1.02. The average Bonchev–Trinajstić information content (AvgIpc) is 3.28. The molecule has 14 heteroatoms. The number of benzene rings is 5. The number of phenolic OH excluding ortho intramolecular Hbond substituents is 2. The maximum atomic E-state index is 11.9. The van der Waals surface area contributed by atoms with Gasteiger partial charge in [0.25, 0.3) is 0 Å². The van der Waals surface area contributed by atoms with Crippen molar-refractivity contribution in [2.24, 2.45) is 10.2 Å². The zero-order chi connectivity index (χ0) is 42.7. The van der Waals surface area contributed by atoms with Gasteiger partial charge in [0, 0.05) is 26.5 Å². The summed E-state index contributed by atoms with van der Waals surface area (Å²) in [4.78, 5) is 6.45. The predicted molar refractivity (Wildman–Crippen MR) is 227 cm³/mol. The van der Waals surface area contributed by atoms with E-state index in [1.165, 1.54) is 0 Å². The minimum Gasteiger partial charge on any atom is -0.507 e. The van der Waals surface area contributed by atoms with Gasteiger partial charge in [-0.05, 0) is 60.2 Å². The molecule has 0 saturated carbocycles. The molecule has 2 N–H and O–H groups in total. The van der Waals surface area contributed by atoms with Gasteiger partial charge in [0.15, 0.2) is 0 Å². The van der Waals surface area contributed by atoms with E-state index < -0.39 is 60.9 Å². The van der Waals surface area contributed by atoms with Crippen molar-refractivity contribution in [1.82, 2.24) is 0 Å². The quantitative estimate of drug-likeness (QED) is 0.0557. The summed E-state index contributed by atoms with van der Waals surface area (Å²) in [5, 5.41) is 32.3. The van der Waals surface area contributed by atoms with Crippen LogP contribution in [-0.4, -0.2) is 58.9 Å². The summed E-state index contributed by atoms with van der Waals surface area (Å²) >= 11 is 0. The van der Waals surface area contributed by atoms with Gasteiger partial charge in [-0.15, -0.1) is 0 Å². The van der Waals surface area contributed by atoms with Crippen LogP contribution in [0.2, 0.25) is 0 Å². The first-order valence-corrected chi connectivity index (χ1v) is 20.3. The third kappa shape index (κ3) is 10.2. The monoisotopic (exact) mass is 826 g/mol. The second-order valence-electron chi connectivity index (χ2n) is 15.3. The van der Waals surface area contributed by atoms with E-state index in [1.807, 2.05) is 135 Å². The molecule has 0 spiro atoms. The van der Waals surface area contributed by atoms with Crippen molar-refractivity contribution < 1.29 is 38.6 Å². The lowest BCUT2D eigenvalue weighted by atomic mass is 9.84. The van der Waals surface area contributed by atoms with Gasteiger partial charge in [0.05, 0.1) is 75.1 Å². The first-order chi connectivity index (χ1) is 29.8. The third-order valence-electron chi connectivity index (χ3n) is 11.3. The Morgan fingerprint density at radius 1 is 0.508 bits per heavy atom. The first-order valence-electron chi connectivity index (χ1n) is 20.3. The van der Waals surface area contributed by atoms with E-state index in [2.05, 4.69) is 20.1 Å². The van der Waals surface area contributed by atoms with Gasteiger partial charge in [0.2, 0.25) is 0 Å². The van der Waals surface area contributed by atoms with Crippen LogP contribution in [-0.2, 0) is 54.8 Å². The Labute approximate surface area is 354 Å². The smallest absolute Gasteiger partial charge is 0.128 e. The maximum absolute atomic E-state index is 11.9. The van der Waals surface area contributed by atoms with E-state index in [1.54, 1.807) is 13.0 Å². The highest BCUT2D eigenvalue weighted by Gasteiger charge is 2.50. The summed E-state index contributed by atoms with van der Waals surface area (Å²) < 4.78 is 39.6. The highest BCUT2D eigenvalue weighted by Crippen LogP contribution is 2.49. The SMILES string of the molecule is Cc1c(O)c([C@H]2O[C@@H](C)[C@@H](OCc3ccccc3)[C@@H](N=[N+]=[N-])[C@@H]2OCc2ccccc2)cc([C@H]2O[C@@H](C)[C@@H](OCc3ccccc3)[C@@H](N=[N+]=[N-])[C@@H]2OCc2ccccc2)c1O.